The molecular weight excluding hydrogens is 348 g/mol. The minimum atomic E-state index is -0.563. The van der Waals surface area contributed by atoms with Crippen LogP contribution < -0.4 is 15.8 Å². The van der Waals surface area contributed by atoms with Gasteiger partial charge in [-0.1, -0.05) is 12.1 Å². The SMILES string of the molecule is COC(=O)c1cnn(-c2ccc(C(=O)Nc3ccccc3OC)cc2)c1N. The molecule has 1 aromatic heterocycles. The molecule has 3 N–H and O–H groups in total. The summed E-state index contributed by atoms with van der Waals surface area (Å²) in [6.45, 7) is 0. The van der Waals surface area contributed by atoms with Gasteiger partial charge in [0.25, 0.3) is 5.91 Å². The molecule has 0 fully saturated rings. The summed E-state index contributed by atoms with van der Waals surface area (Å²) in [5.41, 5.74) is 7.76. The Kier molecular flexibility index (Phi) is 5.07. The molecule has 3 aromatic rings. The molecule has 0 spiro atoms. The van der Waals surface area contributed by atoms with Gasteiger partial charge >= 0.3 is 5.97 Å². The maximum absolute atomic E-state index is 12.5. The number of carbonyl (C=O) groups excluding carboxylic acids is 2. The molecule has 0 unspecified atom stereocenters. The second kappa shape index (κ2) is 7.61. The fourth-order valence-corrected chi connectivity index (χ4v) is 2.53. The average Bonchev–Trinajstić information content (AvgIpc) is 3.09. The van der Waals surface area contributed by atoms with E-state index in [9.17, 15) is 9.59 Å². The Labute approximate surface area is 155 Å². The summed E-state index contributed by atoms with van der Waals surface area (Å²) in [4.78, 5) is 24.1. The van der Waals surface area contributed by atoms with Crippen LogP contribution in [0.1, 0.15) is 20.7 Å². The van der Waals surface area contributed by atoms with Crippen LogP contribution in [0, 0.1) is 0 Å². The van der Waals surface area contributed by atoms with Crippen molar-refractivity contribution in [1.29, 1.82) is 0 Å². The van der Waals surface area contributed by atoms with Crippen LogP contribution in [0.4, 0.5) is 11.5 Å². The molecular formula is C19H18N4O4. The van der Waals surface area contributed by atoms with E-state index in [1.807, 2.05) is 6.07 Å². The lowest BCUT2D eigenvalue weighted by Gasteiger charge is -2.10. The highest BCUT2D eigenvalue weighted by atomic mass is 16.5. The monoisotopic (exact) mass is 366 g/mol. The summed E-state index contributed by atoms with van der Waals surface area (Å²) in [5.74, 6) is -0.114. The van der Waals surface area contributed by atoms with Gasteiger partial charge in [0, 0.05) is 5.56 Å². The number of hydrogen-bond donors (Lipinski definition) is 2. The zero-order valence-corrected chi connectivity index (χ0v) is 14.8. The van der Waals surface area contributed by atoms with E-state index in [1.165, 1.54) is 25.1 Å². The summed E-state index contributed by atoms with van der Waals surface area (Å²) in [6.07, 6.45) is 1.34. The first-order valence-corrected chi connectivity index (χ1v) is 8.01. The summed E-state index contributed by atoms with van der Waals surface area (Å²) in [6, 6.07) is 13.8. The Morgan fingerprint density at radius 2 is 1.78 bits per heavy atom. The lowest BCUT2D eigenvalue weighted by molar-refractivity contribution is 0.0602. The smallest absolute Gasteiger partial charge is 0.343 e. The second-order valence-corrected chi connectivity index (χ2v) is 5.55. The number of anilines is 2. The van der Waals surface area contributed by atoms with E-state index in [0.717, 1.165) is 0 Å². The van der Waals surface area contributed by atoms with Crippen LogP contribution in [0.3, 0.4) is 0 Å². The van der Waals surface area contributed by atoms with Gasteiger partial charge in [0.05, 0.1) is 31.8 Å². The third-order valence-electron chi connectivity index (χ3n) is 3.94. The van der Waals surface area contributed by atoms with Gasteiger partial charge in [-0.25, -0.2) is 9.48 Å². The van der Waals surface area contributed by atoms with Crippen molar-refractivity contribution in [3.63, 3.8) is 0 Å². The van der Waals surface area contributed by atoms with Gasteiger partial charge in [0.1, 0.15) is 17.1 Å². The lowest BCUT2D eigenvalue weighted by atomic mass is 10.2. The number of carbonyl (C=O) groups is 2. The first kappa shape index (κ1) is 18.0. The number of hydrogen-bond acceptors (Lipinski definition) is 6. The topological polar surface area (TPSA) is 108 Å². The number of rotatable bonds is 5. The Hall–Kier alpha value is -3.81. The van der Waals surface area contributed by atoms with E-state index in [-0.39, 0.29) is 17.3 Å². The molecule has 3 rings (SSSR count). The van der Waals surface area contributed by atoms with E-state index in [0.29, 0.717) is 22.7 Å². The van der Waals surface area contributed by atoms with Crippen LogP contribution in [0.2, 0.25) is 0 Å². The van der Waals surface area contributed by atoms with Crippen LogP contribution in [-0.2, 0) is 4.74 Å². The molecule has 0 radical (unpaired) electrons. The number of amides is 1. The number of nitrogens with one attached hydrogen (secondary N) is 1. The predicted octanol–water partition coefficient (Wildman–Crippen LogP) is 2.50. The highest BCUT2D eigenvalue weighted by Gasteiger charge is 2.17. The highest BCUT2D eigenvalue weighted by Crippen LogP contribution is 2.24. The van der Waals surface area contributed by atoms with Crippen LogP contribution in [0.5, 0.6) is 5.75 Å². The van der Waals surface area contributed by atoms with Gasteiger partial charge in [0.2, 0.25) is 0 Å². The molecule has 0 aliphatic carbocycles. The third kappa shape index (κ3) is 3.59. The van der Waals surface area contributed by atoms with Crippen LogP contribution >= 0.6 is 0 Å². The summed E-state index contributed by atoms with van der Waals surface area (Å²) in [7, 11) is 2.81. The third-order valence-corrected chi connectivity index (χ3v) is 3.94. The van der Waals surface area contributed by atoms with Crippen molar-refractivity contribution in [2.75, 3.05) is 25.3 Å². The van der Waals surface area contributed by atoms with Crippen molar-refractivity contribution in [1.82, 2.24) is 9.78 Å². The molecule has 0 saturated carbocycles. The van der Waals surface area contributed by atoms with Gasteiger partial charge in [0.15, 0.2) is 0 Å². The Morgan fingerprint density at radius 3 is 2.44 bits per heavy atom. The van der Waals surface area contributed by atoms with Crippen molar-refractivity contribution in [2.24, 2.45) is 0 Å². The number of benzene rings is 2. The van der Waals surface area contributed by atoms with Gasteiger partial charge in [-0.15, -0.1) is 0 Å². The second-order valence-electron chi connectivity index (χ2n) is 5.55. The quantitative estimate of drug-likeness (QED) is 0.672. The van der Waals surface area contributed by atoms with Crippen LogP contribution in [0.25, 0.3) is 5.69 Å². The zero-order chi connectivity index (χ0) is 19.4. The number of methoxy groups -OCH3 is 2. The van der Waals surface area contributed by atoms with Crippen molar-refractivity contribution in [3.05, 3.63) is 65.9 Å². The van der Waals surface area contributed by atoms with Crippen molar-refractivity contribution in [2.45, 2.75) is 0 Å². The fourth-order valence-electron chi connectivity index (χ4n) is 2.53. The van der Waals surface area contributed by atoms with E-state index in [1.54, 1.807) is 42.5 Å². The van der Waals surface area contributed by atoms with E-state index < -0.39 is 5.97 Å². The van der Waals surface area contributed by atoms with Gasteiger partial charge in [-0.05, 0) is 36.4 Å². The van der Waals surface area contributed by atoms with Gasteiger partial charge < -0.3 is 20.5 Å². The fraction of sp³-hybridized carbons (Fsp3) is 0.105. The summed E-state index contributed by atoms with van der Waals surface area (Å²) >= 11 is 0. The van der Waals surface area contributed by atoms with Crippen LogP contribution in [-0.4, -0.2) is 35.9 Å². The number of aromatic nitrogens is 2. The van der Waals surface area contributed by atoms with Crippen molar-refractivity contribution >= 4 is 23.4 Å². The first-order chi connectivity index (χ1) is 13.0. The predicted molar refractivity (Wildman–Crippen MR) is 100 cm³/mol. The minimum Gasteiger partial charge on any atom is -0.495 e. The number of nitrogens with zero attached hydrogens (tertiary/aromatic N) is 2. The molecule has 0 aliphatic rings. The number of esters is 1. The summed E-state index contributed by atoms with van der Waals surface area (Å²) in [5, 5.41) is 6.90. The standard InChI is InChI=1S/C19H18N4O4/c1-26-16-6-4-3-5-15(16)22-18(24)12-7-9-13(10-8-12)23-17(20)14(11-21-23)19(25)27-2/h3-11H,20H2,1-2H3,(H,22,24). The lowest BCUT2D eigenvalue weighted by Crippen LogP contribution is -2.13. The molecule has 0 atom stereocenters. The van der Waals surface area contributed by atoms with Gasteiger partial charge in [-0.2, -0.15) is 5.10 Å². The highest BCUT2D eigenvalue weighted by molar-refractivity contribution is 6.05. The maximum Gasteiger partial charge on any atom is 0.343 e. The molecule has 138 valence electrons. The Balaban J connectivity index is 1.80. The molecule has 0 aliphatic heterocycles. The average molecular weight is 366 g/mol. The Bertz CT molecular complexity index is 980. The Morgan fingerprint density at radius 1 is 1.07 bits per heavy atom. The summed E-state index contributed by atoms with van der Waals surface area (Å²) < 4.78 is 11.3. The van der Waals surface area contributed by atoms with Crippen LogP contribution in [0.15, 0.2) is 54.7 Å². The van der Waals surface area contributed by atoms with E-state index in [4.69, 9.17) is 10.5 Å². The molecule has 2 aromatic carbocycles. The zero-order valence-electron chi connectivity index (χ0n) is 14.8. The van der Waals surface area contributed by atoms with Crippen molar-refractivity contribution < 1.29 is 19.1 Å². The molecule has 27 heavy (non-hydrogen) atoms. The van der Waals surface area contributed by atoms with Gasteiger partial charge in [-0.3, -0.25) is 4.79 Å². The normalized spacial score (nSPS) is 10.3. The largest absolute Gasteiger partial charge is 0.495 e. The van der Waals surface area contributed by atoms with Crippen molar-refractivity contribution in [3.8, 4) is 11.4 Å². The number of ether oxygens (including phenoxy) is 2. The number of nitrogen functional groups attached to an aromatic ring is 1. The molecule has 0 bridgehead atoms. The minimum absolute atomic E-state index is 0.160. The molecule has 8 heteroatoms. The molecule has 1 amide bonds. The molecule has 1 heterocycles. The van der Waals surface area contributed by atoms with E-state index in [2.05, 4.69) is 15.2 Å². The molecule has 0 saturated heterocycles. The first-order valence-electron chi connectivity index (χ1n) is 8.01. The van der Waals surface area contributed by atoms with E-state index >= 15 is 0 Å². The molecule has 8 nitrogen and oxygen atoms in total. The number of nitrogens with two attached hydrogens (primary N) is 1. The number of para-hydroxylation sites is 2. The maximum atomic E-state index is 12.5.